The molecule has 1 aromatic heterocycles. The van der Waals surface area contributed by atoms with Gasteiger partial charge in [0.2, 0.25) is 5.91 Å². The molecule has 5 nitrogen and oxygen atoms in total. The van der Waals surface area contributed by atoms with Gasteiger partial charge in [0.15, 0.2) is 5.13 Å². The Bertz CT molecular complexity index is 698. The molecule has 116 valence electrons. The van der Waals surface area contributed by atoms with Gasteiger partial charge in [-0.05, 0) is 24.6 Å². The standard InChI is InChI=1S/C16H19N3O2S/c1-10(8-21-3)17-16-18-13(9-22-16)11-4-5-14-12(6-11)7-15(20)19(14)2/h4-6,9-10H,7-8H2,1-3H3,(H,17,18)/t10-/m1/s1. The van der Waals surface area contributed by atoms with Crippen molar-refractivity contribution in [1.82, 2.24) is 4.98 Å². The van der Waals surface area contributed by atoms with Crippen LogP contribution >= 0.6 is 11.3 Å². The number of methoxy groups -OCH3 is 1. The van der Waals surface area contributed by atoms with Crippen LogP contribution in [0.25, 0.3) is 11.3 Å². The van der Waals surface area contributed by atoms with E-state index in [4.69, 9.17) is 4.74 Å². The summed E-state index contributed by atoms with van der Waals surface area (Å²) in [5.74, 6) is 0.140. The summed E-state index contributed by atoms with van der Waals surface area (Å²) in [6.45, 7) is 2.70. The largest absolute Gasteiger partial charge is 0.383 e. The SMILES string of the molecule is COC[C@@H](C)Nc1nc(-c2ccc3c(c2)CC(=O)N3C)cs1. The van der Waals surface area contributed by atoms with Crippen LogP contribution in [0.15, 0.2) is 23.6 Å². The Kier molecular flexibility index (Phi) is 4.13. The number of hydrogen-bond donors (Lipinski definition) is 1. The van der Waals surface area contributed by atoms with Crippen LogP contribution in [0.1, 0.15) is 12.5 Å². The molecule has 1 aliphatic heterocycles. The molecule has 1 atom stereocenters. The van der Waals surface area contributed by atoms with Gasteiger partial charge >= 0.3 is 0 Å². The Hall–Kier alpha value is -1.92. The van der Waals surface area contributed by atoms with E-state index in [2.05, 4.69) is 23.3 Å². The number of nitrogens with one attached hydrogen (secondary N) is 1. The molecule has 0 aliphatic carbocycles. The van der Waals surface area contributed by atoms with Crippen molar-refractivity contribution in [3.8, 4) is 11.3 Å². The number of nitrogens with zero attached hydrogens (tertiary/aromatic N) is 2. The monoisotopic (exact) mass is 317 g/mol. The Morgan fingerprint density at radius 1 is 1.50 bits per heavy atom. The van der Waals surface area contributed by atoms with Crippen LogP contribution in [0.3, 0.4) is 0 Å². The minimum absolute atomic E-state index is 0.140. The van der Waals surface area contributed by atoms with Gasteiger partial charge in [-0.25, -0.2) is 4.98 Å². The molecule has 0 saturated heterocycles. The molecule has 0 bridgehead atoms. The predicted molar refractivity (Wildman–Crippen MR) is 89.6 cm³/mol. The summed E-state index contributed by atoms with van der Waals surface area (Å²) >= 11 is 1.58. The number of carbonyl (C=O) groups excluding carboxylic acids is 1. The smallest absolute Gasteiger partial charge is 0.231 e. The number of hydrogen-bond acceptors (Lipinski definition) is 5. The zero-order chi connectivity index (χ0) is 15.7. The number of benzene rings is 1. The highest BCUT2D eigenvalue weighted by Gasteiger charge is 2.24. The quantitative estimate of drug-likeness (QED) is 0.921. The second-order valence-corrected chi connectivity index (χ2v) is 6.37. The molecule has 6 heteroatoms. The Morgan fingerprint density at radius 3 is 3.09 bits per heavy atom. The molecule has 0 fully saturated rings. The number of ether oxygens (including phenoxy) is 1. The van der Waals surface area contributed by atoms with Gasteiger partial charge in [0, 0.05) is 36.8 Å². The third-order valence-electron chi connectivity index (χ3n) is 3.74. The minimum atomic E-state index is 0.140. The Morgan fingerprint density at radius 2 is 2.32 bits per heavy atom. The highest BCUT2D eigenvalue weighted by Crippen LogP contribution is 2.33. The van der Waals surface area contributed by atoms with Crippen molar-refractivity contribution >= 4 is 28.1 Å². The summed E-state index contributed by atoms with van der Waals surface area (Å²) in [5, 5.41) is 6.23. The fourth-order valence-electron chi connectivity index (χ4n) is 2.60. The Balaban J connectivity index is 1.80. The van der Waals surface area contributed by atoms with Crippen molar-refractivity contribution < 1.29 is 9.53 Å². The van der Waals surface area contributed by atoms with Gasteiger partial charge in [0.25, 0.3) is 0 Å². The lowest BCUT2D eigenvalue weighted by Gasteiger charge is -2.11. The molecule has 2 heterocycles. The molecule has 0 spiro atoms. The van der Waals surface area contributed by atoms with E-state index in [1.54, 1.807) is 23.3 Å². The number of carbonyl (C=O) groups is 1. The van der Waals surface area contributed by atoms with Gasteiger partial charge in [-0.3, -0.25) is 4.79 Å². The van der Waals surface area contributed by atoms with Gasteiger partial charge in [0.05, 0.1) is 18.7 Å². The van der Waals surface area contributed by atoms with Crippen molar-refractivity contribution in [2.24, 2.45) is 0 Å². The first-order valence-electron chi connectivity index (χ1n) is 7.19. The van der Waals surface area contributed by atoms with Crippen molar-refractivity contribution in [3.05, 3.63) is 29.1 Å². The fraction of sp³-hybridized carbons (Fsp3) is 0.375. The van der Waals surface area contributed by atoms with Crippen molar-refractivity contribution in [3.63, 3.8) is 0 Å². The molecule has 1 aromatic carbocycles. The number of thiazole rings is 1. The van der Waals surface area contributed by atoms with Crippen LogP contribution in [-0.2, 0) is 16.0 Å². The maximum Gasteiger partial charge on any atom is 0.231 e. The van der Waals surface area contributed by atoms with Crippen molar-refractivity contribution in [2.45, 2.75) is 19.4 Å². The normalized spacial score (nSPS) is 15.0. The second kappa shape index (κ2) is 6.06. The first-order chi connectivity index (χ1) is 10.6. The maximum atomic E-state index is 11.8. The maximum absolute atomic E-state index is 11.8. The molecular weight excluding hydrogens is 298 g/mol. The molecule has 3 rings (SSSR count). The molecule has 2 aromatic rings. The zero-order valence-electron chi connectivity index (χ0n) is 12.9. The van der Waals surface area contributed by atoms with Crippen LogP contribution in [0.4, 0.5) is 10.8 Å². The molecule has 22 heavy (non-hydrogen) atoms. The van der Waals surface area contributed by atoms with Gasteiger partial charge in [-0.15, -0.1) is 11.3 Å². The summed E-state index contributed by atoms with van der Waals surface area (Å²) < 4.78 is 5.12. The van der Waals surface area contributed by atoms with Crippen molar-refractivity contribution in [2.75, 3.05) is 31.0 Å². The lowest BCUT2D eigenvalue weighted by Crippen LogP contribution is -2.20. The summed E-state index contributed by atoms with van der Waals surface area (Å²) in [5.41, 5.74) is 4.05. The molecule has 0 saturated carbocycles. The lowest BCUT2D eigenvalue weighted by atomic mass is 10.1. The first-order valence-corrected chi connectivity index (χ1v) is 8.07. The van der Waals surface area contributed by atoms with E-state index in [0.717, 1.165) is 27.6 Å². The van der Waals surface area contributed by atoms with Gasteiger partial charge < -0.3 is 15.0 Å². The molecule has 1 aliphatic rings. The second-order valence-electron chi connectivity index (χ2n) is 5.51. The summed E-state index contributed by atoms with van der Waals surface area (Å²) in [4.78, 5) is 18.1. The van der Waals surface area contributed by atoms with Gasteiger partial charge in [0.1, 0.15) is 0 Å². The summed E-state index contributed by atoms with van der Waals surface area (Å²) in [6.07, 6.45) is 0.472. The van der Waals surface area contributed by atoms with Gasteiger partial charge in [-0.1, -0.05) is 6.07 Å². The van der Waals surface area contributed by atoms with Crippen molar-refractivity contribution in [1.29, 1.82) is 0 Å². The third-order valence-corrected chi connectivity index (χ3v) is 4.52. The summed E-state index contributed by atoms with van der Waals surface area (Å²) in [6, 6.07) is 6.30. The van der Waals surface area contributed by atoms with Crippen LogP contribution in [-0.4, -0.2) is 37.7 Å². The van der Waals surface area contributed by atoms with E-state index in [9.17, 15) is 4.79 Å². The number of amides is 1. The number of fused-ring (bicyclic) bond motifs is 1. The van der Waals surface area contributed by atoms with E-state index in [-0.39, 0.29) is 11.9 Å². The number of aromatic nitrogens is 1. The lowest BCUT2D eigenvalue weighted by molar-refractivity contribution is -0.117. The van der Waals surface area contributed by atoms with E-state index < -0.39 is 0 Å². The van der Waals surface area contributed by atoms with E-state index >= 15 is 0 Å². The van der Waals surface area contributed by atoms with Crippen LogP contribution < -0.4 is 10.2 Å². The number of likely N-dealkylation sites (N-methyl/N-ethyl adjacent to an activating group) is 1. The highest BCUT2D eigenvalue weighted by molar-refractivity contribution is 7.14. The fourth-order valence-corrected chi connectivity index (χ4v) is 3.44. The van der Waals surface area contributed by atoms with Crippen LogP contribution in [0.5, 0.6) is 0 Å². The average Bonchev–Trinajstić information content (AvgIpc) is 3.05. The van der Waals surface area contributed by atoms with E-state index in [1.807, 2.05) is 24.6 Å². The minimum Gasteiger partial charge on any atom is -0.383 e. The number of anilines is 2. The topological polar surface area (TPSA) is 54.5 Å². The van der Waals surface area contributed by atoms with Crippen LogP contribution in [0.2, 0.25) is 0 Å². The van der Waals surface area contributed by atoms with E-state index in [1.165, 1.54) is 0 Å². The van der Waals surface area contributed by atoms with Crippen LogP contribution in [0, 0.1) is 0 Å². The molecular formula is C16H19N3O2S. The first kappa shape index (κ1) is 15.0. The molecule has 0 unspecified atom stereocenters. The molecule has 1 amide bonds. The third kappa shape index (κ3) is 2.84. The zero-order valence-corrected chi connectivity index (χ0v) is 13.7. The van der Waals surface area contributed by atoms with E-state index in [0.29, 0.717) is 13.0 Å². The average molecular weight is 317 g/mol. The highest BCUT2D eigenvalue weighted by atomic mass is 32.1. The summed E-state index contributed by atoms with van der Waals surface area (Å²) in [7, 11) is 3.50. The number of rotatable bonds is 5. The van der Waals surface area contributed by atoms with Gasteiger partial charge in [-0.2, -0.15) is 0 Å². The molecule has 1 N–H and O–H groups in total. The predicted octanol–water partition coefficient (Wildman–Crippen LogP) is 2.78. The molecule has 0 radical (unpaired) electrons. The Labute approximate surface area is 133 Å².